The molecule has 4 rings (SSSR count). The molecule has 1 aromatic heterocycles. The van der Waals surface area contributed by atoms with Gasteiger partial charge >= 0.3 is 0 Å². The van der Waals surface area contributed by atoms with Crippen LogP contribution in [0.5, 0.6) is 5.75 Å². The van der Waals surface area contributed by atoms with Crippen LogP contribution >= 0.6 is 0 Å². The summed E-state index contributed by atoms with van der Waals surface area (Å²) >= 11 is 0. The number of anilines is 1. The first kappa shape index (κ1) is 11.9. The molecule has 3 unspecified atom stereocenters. The minimum atomic E-state index is 0.596. The summed E-state index contributed by atoms with van der Waals surface area (Å²) in [6, 6.07) is 6.41. The van der Waals surface area contributed by atoms with Crippen LogP contribution in [0.2, 0.25) is 0 Å². The van der Waals surface area contributed by atoms with Crippen LogP contribution in [-0.2, 0) is 0 Å². The van der Waals surface area contributed by atoms with Crippen LogP contribution in [0, 0.1) is 11.8 Å². The SMILES string of the molecule is COc1ccc2nc(NC3CC4CCC3C4)cnc2c1. The molecule has 2 saturated carbocycles. The average Bonchev–Trinajstić information content (AvgIpc) is 3.09. The minimum Gasteiger partial charge on any atom is -0.497 e. The molecule has 0 spiro atoms. The van der Waals surface area contributed by atoms with Gasteiger partial charge in [-0.1, -0.05) is 6.42 Å². The smallest absolute Gasteiger partial charge is 0.145 e. The van der Waals surface area contributed by atoms with Crippen molar-refractivity contribution < 1.29 is 4.74 Å². The second-order valence-electron chi connectivity index (χ2n) is 6.04. The minimum absolute atomic E-state index is 0.596. The summed E-state index contributed by atoms with van der Waals surface area (Å²) in [4.78, 5) is 9.16. The number of nitrogens with one attached hydrogen (secondary N) is 1. The Morgan fingerprint density at radius 2 is 2.15 bits per heavy atom. The molecule has 2 bridgehead atoms. The standard InChI is InChI=1S/C16H19N3O/c1-20-12-4-5-13-15(8-12)17-9-16(18-13)19-14-7-10-2-3-11(14)6-10/h4-5,8-11,14H,2-3,6-7H2,1H3,(H,18,19). The van der Waals surface area contributed by atoms with E-state index in [-0.39, 0.29) is 0 Å². The van der Waals surface area contributed by atoms with Gasteiger partial charge in [-0.25, -0.2) is 4.98 Å². The molecule has 2 fully saturated rings. The first-order chi connectivity index (χ1) is 9.81. The Hall–Kier alpha value is -1.84. The second kappa shape index (κ2) is 4.62. The molecular formula is C16H19N3O. The van der Waals surface area contributed by atoms with E-state index >= 15 is 0 Å². The van der Waals surface area contributed by atoms with Gasteiger partial charge in [-0.15, -0.1) is 0 Å². The zero-order chi connectivity index (χ0) is 13.5. The third-order valence-electron chi connectivity index (χ3n) is 4.82. The van der Waals surface area contributed by atoms with E-state index in [1.807, 2.05) is 24.4 Å². The fourth-order valence-electron chi connectivity index (χ4n) is 3.80. The lowest BCUT2D eigenvalue weighted by atomic mass is 9.95. The summed E-state index contributed by atoms with van der Waals surface area (Å²) in [6.45, 7) is 0. The van der Waals surface area contributed by atoms with Crippen molar-refractivity contribution in [3.8, 4) is 5.75 Å². The van der Waals surface area contributed by atoms with E-state index in [1.165, 1.54) is 25.7 Å². The summed E-state index contributed by atoms with van der Waals surface area (Å²) < 4.78 is 5.21. The van der Waals surface area contributed by atoms with Crippen molar-refractivity contribution in [2.75, 3.05) is 12.4 Å². The zero-order valence-corrected chi connectivity index (χ0v) is 11.7. The highest BCUT2D eigenvalue weighted by Crippen LogP contribution is 2.45. The van der Waals surface area contributed by atoms with Crippen LogP contribution < -0.4 is 10.1 Å². The van der Waals surface area contributed by atoms with E-state index in [2.05, 4.69) is 15.3 Å². The number of hydrogen-bond donors (Lipinski definition) is 1. The lowest BCUT2D eigenvalue weighted by molar-refractivity contribution is 0.415. The van der Waals surface area contributed by atoms with Gasteiger partial charge in [-0.05, 0) is 43.2 Å². The number of nitrogens with zero attached hydrogens (tertiary/aromatic N) is 2. The van der Waals surface area contributed by atoms with Crippen molar-refractivity contribution in [1.29, 1.82) is 0 Å². The quantitative estimate of drug-likeness (QED) is 0.929. The summed E-state index contributed by atoms with van der Waals surface area (Å²) in [5.74, 6) is 3.50. The van der Waals surface area contributed by atoms with E-state index in [9.17, 15) is 0 Å². The maximum Gasteiger partial charge on any atom is 0.145 e. The first-order valence-electron chi connectivity index (χ1n) is 7.39. The number of benzene rings is 1. The Bertz CT molecular complexity index is 643. The Morgan fingerprint density at radius 1 is 1.20 bits per heavy atom. The number of rotatable bonds is 3. The molecule has 4 nitrogen and oxygen atoms in total. The monoisotopic (exact) mass is 269 g/mol. The van der Waals surface area contributed by atoms with Crippen LogP contribution in [0.4, 0.5) is 5.82 Å². The summed E-state index contributed by atoms with van der Waals surface area (Å²) in [5, 5.41) is 3.59. The highest BCUT2D eigenvalue weighted by molar-refractivity contribution is 5.77. The van der Waals surface area contributed by atoms with Crippen LogP contribution in [0.3, 0.4) is 0 Å². The predicted molar refractivity (Wildman–Crippen MR) is 78.9 cm³/mol. The molecule has 2 aliphatic rings. The van der Waals surface area contributed by atoms with Crippen LogP contribution in [0.25, 0.3) is 11.0 Å². The van der Waals surface area contributed by atoms with Crippen LogP contribution in [0.1, 0.15) is 25.7 Å². The number of hydrogen-bond acceptors (Lipinski definition) is 4. The highest BCUT2D eigenvalue weighted by Gasteiger charge is 2.39. The van der Waals surface area contributed by atoms with Crippen molar-refractivity contribution in [2.45, 2.75) is 31.7 Å². The number of methoxy groups -OCH3 is 1. The van der Waals surface area contributed by atoms with E-state index in [1.54, 1.807) is 7.11 Å². The van der Waals surface area contributed by atoms with E-state index in [0.717, 1.165) is 34.4 Å². The predicted octanol–water partition coefficient (Wildman–Crippen LogP) is 3.24. The molecule has 2 aliphatic carbocycles. The molecule has 20 heavy (non-hydrogen) atoms. The second-order valence-corrected chi connectivity index (χ2v) is 6.04. The first-order valence-corrected chi connectivity index (χ1v) is 7.39. The van der Waals surface area contributed by atoms with Gasteiger partial charge in [0.2, 0.25) is 0 Å². The van der Waals surface area contributed by atoms with Gasteiger partial charge in [0.25, 0.3) is 0 Å². The largest absolute Gasteiger partial charge is 0.497 e. The van der Waals surface area contributed by atoms with E-state index < -0.39 is 0 Å². The van der Waals surface area contributed by atoms with Crippen LogP contribution in [-0.4, -0.2) is 23.1 Å². The molecule has 1 heterocycles. The molecule has 0 radical (unpaired) electrons. The molecule has 4 heteroatoms. The van der Waals surface area contributed by atoms with Gasteiger partial charge in [0.15, 0.2) is 0 Å². The number of aromatic nitrogens is 2. The fraction of sp³-hybridized carbons (Fsp3) is 0.500. The van der Waals surface area contributed by atoms with Gasteiger partial charge < -0.3 is 10.1 Å². The molecule has 3 atom stereocenters. The molecule has 0 amide bonds. The summed E-state index contributed by atoms with van der Waals surface area (Å²) in [7, 11) is 1.67. The lowest BCUT2D eigenvalue weighted by Crippen LogP contribution is -2.26. The molecule has 1 aromatic carbocycles. The van der Waals surface area contributed by atoms with Crippen molar-refractivity contribution >= 4 is 16.9 Å². The average molecular weight is 269 g/mol. The Morgan fingerprint density at radius 3 is 2.90 bits per heavy atom. The molecule has 0 saturated heterocycles. The number of fused-ring (bicyclic) bond motifs is 3. The highest BCUT2D eigenvalue weighted by atomic mass is 16.5. The molecule has 104 valence electrons. The maximum atomic E-state index is 5.21. The van der Waals surface area contributed by atoms with Crippen LogP contribution in [0.15, 0.2) is 24.4 Å². The molecular weight excluding hydrogens is 250 g/mol. The van der Waals surface area contributed by atoms with Crippen molar-refractivity contribution in [3.05, 3.63) is 24.4 Å². The zero-order valence-electron chi connectivity index (χ0n) is 11.7. The molecule has 0 aliphatic heterocycles. The molecule has 2 aromatic rings. The summed E-state index contributed by atoms with van der Waals surface area (Å²) in [6.07, 6.45) is 7.34. The third kappa shape index (κ3) is 1.99. The summed E-state index contributed by atoms with van der Waals surface area (Å²) in [5.41, 5.74) is 1.79. The lowest BCUT2D eigenvalue weighted by Gasteiger charge is -2.23. The van der Waals surface area contributed by atoms with Crippen molar-refractivity contribution in [1.82, 2.24) is 9.97 Å². The van der Waals surface area contributed by atoms with Gasteiger partial charge in [0.1, 0.15) is 11.6 Å². The Labute approximate surface area is 118 Å². The van der Waals surface area contributed by atoms with Crippen molar-refractivity contribution in [2.24, 2.45) is 11.8 Å². The van der Waals surface area contributed by atoms with E-state index in [0.29, 0.717) is 6.04 Å². The van der Waals surface area contributed by atoms with E-state index in [4.69, 9.17) is 4.74 Å². The topological polar surface area (TPSA) is 47.0 Å². The third-order valence-corrected chi connectivity index (χ3v) is 4.82. The number of ether oxygens (including phenoxy) is 1. The maximum absolute atomic E-state index is 5.21. The van der Waals surface area contributed by atoms with Gasteiger partial charge in [-0.3, -0.25) is 4.98 Å². The molecule has 1 N–H and O–H groups in total. The van der Waals surface area contributed by atoms with Gasteiger partial charge in [-0.2, -0.15) is 0 Å². The Balaban J connectivity index is 1.58. The van der Waals surface area contributed by atoms with Gasteiger partial charge in [0, 0.05) is 12.1 Å². The van der Waals surface area contributed by atoms with Gasteiger partial charge in [0.05, 0.1) is 24.3 Å². The van der Waals surface area contributed by atoms with Crippen molar-refractivity contribution in [3.63, 3.8) is 0 Å². The normalized spacial score (nSPS) is 27.9. The Kier molecular flexibility index (Phi) is 2.76. The fourth-order valence-corrected chi connectivity index (χ4v) is 3.80.